The van der Waals surface area contributed by atoms with Gasteiger partial charge < -0.3 is 0 Å². The van der Waals surface area contributed by atoms with Crippen molar-refractivity contribution in [3.8, 4) is 0 Å². The molecule has 0 N–H and O–H groups in total. The second kappa shape index (κ2) is 2.59. The van der Waals surface area contributed by atoms with Gasteiger partial charge in [-0.2, -0.15) is 0 Å². The van der Waals surface area contributed by atoms with Gasteiger partial charge in [-0.3, -0.25) is 4.98 Å². The van der Waals surface area contributed by atoms with E-state index in [1.807, 2.05) is 12.4 Å². The fourth-order valence-electron chi connectivity index (χ4n) is 1.57. The zero-order valence-corrected chi connectivity index (χ0v) is 7.33. The van der Waals surface area contributed by atoms with Crippen LogP contribution in [0.4, 0.5) is 0 Å². The lowest BCUT2D eigenvalue weighted by Crippen LogP contribution is -1.82. The van der Waals surface area contributed by atoms with Gasteiger partial charge in [0.15, 0.2) is 0 Å². The molecule has 0 amide bonds. The van der Waals surface area contributed by atoms with Crippen LogP contribution in [0.15, 0.2) is 30.6 Å². The first kappa shape index (κ1) is 7.29. The molecule has 0 aliphatic heterocycles. The van der Waals surface area contributed by atoms with E-state index in [0.29, 0.717) is 0 Å². The summed E-state index contributed by atoms with van der Waals surface area (Å²) >= 11 is 0. The molecule has 0 saturated carbocycles. The topological polar surface area (TPSA) is 12.9 Å². The Hall–Kier alpha value is -1.37. The van der Waals surface area contributed by atoms with E-state index in [0.717, 1.165) is 0 Å². The Balaban J connectivity index is 2.89. The molecule has 12 heavy (non-hydrogen) atoms. The highest BCUT2D eigenvalue weighted by molar-refractivity contribution is 5.85. The van der Waals surface area contributed by atoms with E-state index in [1.165, 1.54) is 21.9 Å². The van der Waals surface area contributed by atoms with Gasteiger partial charge in [0.25, 0.3) is 0 Å². The van der Waals surface area contributed by atoms with E-state index in [4.69, 9.17) is 0 Å². The molecule has 0 aliphatic carbocycles. The van der Waals surface area contributed by atoms with E-state index in [9.17, 15) is 0 Å². The second-order valence-electron chi connectivity index (χ2n) is 3.18. The first-order valence-corrected chi connectivity index (χ1v) is 4.08. The third-order valence-electron chi connectivity index (χ3n) is 2.11. The van der Waals surface area contributed by atoms with Gasteiger partial charge in [-0.15, -0.1) is 0 Å². The molecule has 1 nitrogen and oxygen atoms in total. The molecular formula is C11H11N. The van der Waals surface area contributed by atoms with Crippen LogP contribution in [0.3, 0.4) is 0 Å². The average Bonchev–Trinajstić information content (AvgIpc) is 2.04. The summed E-state index contributed by atoms with van der Waals surface area (Å²) in [5.74, 6) is 0. The van der Waals surface area contributed by atoms with E-state index in [1.54, 1.807) is 0 Å². The summed E-state index contributed by atoms with van der Waals surface area (Å²) < 4.78 is 0. The lowest BCUT2D eigenvalue weighted by Gasteiger charge is -2.02. The molecule has 60 valence electrons. The number of aryl methyl sites for hydroxylation is 2. The molecule has 1 heterocycles. The van der Waals surface area contributed by atoms with Gasteiger partial charge in [-0.25, -0.2) is 0 Å². The SMILES string of the molecule is Cc1cc(C)c2cnccc2c1. The maximum atomic E-state index is 4.10. The Morgan fingerprint density at radius 2 is 2.00 bits per heavy atom. The number of pyridine rings is 1. The van der Waals surface area contributed by atoms with Crippen molar-refractivity contribution in [2.75, 3.05) is 0 Å². The Bertz CT molecular complexity index is 418. The fraction of sp³-hybridized carbons (Fsp3) is 0.182. The zero-order chi connectivity index (χ0) is 8.55. The number of hydrogen-bond donors (Lipinski definition) is 0. The van der Waals surface area contributed by atoms with Crippen LogP contribution in [0.1, 0.15) is 11.1 Å². The highest BCUT2D eigenvalue weighted by Gasteiger charge is 1.96. The third kappa shape index (κ3) is 1.07. The number of aromatic nitrogens is 1. The minimum absolute atomic E-state index is 1.25. The van der Waals surface area contributed by atoms with Gasteiger partial charge in [-0.05, 0) is 30.9 Å². The van der Waals surface area contributed by atoms with Gasteiger partial charge in [0, 0.05) is 17.8 Å². The maximum absolute atomic E-state index is 4.10. The number of benzene rings is 1. The normalized spacial score (nSPS) is 10.5. The van der Waals surface area contributed by atoms with Crippen molar-refractivity contribution in [2.45, 2.75) is 13.8 Å². The summed E-state index contributed by atoms with van der Waals surface area (Å²) in [5.41, 5.74) is 2.62. The summed E-state index contributed by atoms with van der Waals surface area (Å²) in [5, 5.41) is 2.53. The molecule has 0 unspecified atom stereocenters. The number of nitrogens with zero attached hydrogens (tertiary/aromatic N) is 1. The van der Waals surface area contributed by atoms with Crippen molar-refractivity contribution in [2.24, 2.45) is 0 Å². The Morgan fingerprint density at radius 3 is 2.83 bits per heavy atom. The third-order valence-corrected chi connectivity index (χ3v) is 2.11. The van der Waals surface area contributed by atoms with E-state index in [-0.39, 0.29) is 0 Å². The molecule has 0 spiro atoms. The molecular weight excluding hydrogens is 146 g/mol. The molecule has 0 radical (unpaired) electrons. The van der Waals surface area contributed by atoms with Crippen LogP contribution in [-0.2, 0) is 0 Å². The van der Waals surface area contributed by atoms with E-state index < -0.39 is 0 Å². The largest absolute Gasteiger partial charge is 0.264 e. The van der Waals surface area contributed by atoms with Gasteiger partial charge in [0.05, 0.1) is 0 Å². The lowest BCUT2D eigenvalue weighted by atomic mass is 10.0. The molecule has 1 aromatic heterocycles. The molecule has 1 aromatic carbocycles. The van der Waals surface area contributed by atoms with Gasteiger partial charge >= 0.3 is 0 Å². The maximum Gasteiger partial charge on any atom is 0.0349 e. The summed E-state index contributed by atoms with van der Waals surface area (Å²) in [7, 11) is 0. The average molecular weight is 157 g/mol. The van der Waals surface area contributed by atoms with Crippen LogP contribution in [0.2, 0.25) is 0 Å². The Kier molecular flexibility index (Phi) is 1.58. The van der Waals surface area contributed by atoms with Crippen LogP contribution >= 0.6 is 0 Å². The molecule has 2 aromatic rings. The van der Waals surface area contributed by atoms with Crippen molar-refractivity contribution >= 4 is 10.8 Å². The summed E-state index contributed by atoms with van der Waals surface area (Å²) in [4.78, 5) is 4.10. The Morgan fingerprint density at radius 1 is 1.17 bits per heavy atom. The summed E-state index contributed by atoms with van der Waals surface area (Å²) in [6.07, 6.45) is 3.76. The van der Waals surface area contributed by atoms with Crippen molar-refractivity contribution in [1.29, 1.82) is 0 Å². The minimum Gasteiger partial charge on any atom is -0.264 e. The predicted molar refractivity (Wildman–Crippen MR) is 51.2 cm³/mol. The molecule has 2 rings (SSSR count). The van der Waals surface area contributed by atoms with E-state index in [2.05, 4.69) is 37.0 Å². The van der Waals surface area contributed by atoms with Crippen molar-refractivity contribution in [3.63, 3.8) is 0 Å². The highest BCUT2D eigenvalue weighted by Crippen LogP contribution is 2.18. The molecule has 0 fully saturated rings. The van der Waals surface area contributed by atoms with Crippen LogP contribution < -0.4 is 0 Å². The van der Waals surface area contributed by atoms with Crippen molar-refractivity contribution < 1.29 is 0 Å². The monoisotopic (exact) mass is 157 g/mol. The van der Waals surface area contributed by atoms with Crippen LogP contribution in [0.5, 0.6) is 0 Å². The second-order valence-corrected chi connectivity index (χ2v) is 3.18. The first-order chi connectivity index (χ1) is 5.77. The number of hydrogen-bond acceptors (Lipinski definition) is 1. The lowest BCUT2D eigenvalue weighted by molar-refractivity contribution is 1.34. The molecule has 0 atom stereocenters. The smallest absolute Gasteiger partial charge is 0.0349 e. The quantitative estimate of drug-likeness (QED) is 0.573. The van der Waals surface area contributed by atoms with Gasteiger partial charge in [-0.1, -0.05) is 17.7 Å². The summed E-state index contributed by atoms with van der Waals surface area (Å²) in [6, 6.07) is 6.42. The van der Waals surface area contributed by atoms with Gasteiger partial charge in [0.1, 0.15) is 0 Å². The number of rotatable bonds is 0. The predicted octanol–water partition coefficient (Wildman–Crippen LogP) is 2.85. The first-order valence-electron chi connectivity index (χ1n) is 4.08. The number of fused-ring (bicyclic) bond motifs is 1. The zero-order valence-electron chi connectivity index (χ0n) is 7.33. The summed E-state index contributed by atoms with van der Waals surface area (Å²) in [6.45, 7) is 4.24. The minimum atomic E-state index is 1.25. The van der Waals surface area contributed by atoms with Crippen LogP contribution in [-0.4, -0.2) is 4.98 Å². The molecule has 1 heteroatoms. The van der Waals surface area contributed by atoms with Gasteiger partial charge in [0.2, 0.25) is 0 Å². The fourth-order valence-corrected chi connectivity index (χ4v) is 1.57. The molecule has 0 bridgehead atoms. The van der Waals surface area contributed by atoms with Crippen LogP contribution in [0, 0.1) is 13.8 Å². The molecule has 0 aliphatic rings. The van der Waals surface area contributed by atoms with Crippen molar-refractivity contribution in [1.82, 2.24) is 4.98 Å². The molecule has 0 saturated heterocycles. The van der Waals surface area contributed by atoms with E-state index >= 15 is 0 Å². The van der Waals surface area contributed by atoms with Crippen molar-refractivity contribution in [3.05, 3.63) is 41.7 Å². The highest BCUT2D eigenvalue weighted by atomic mass is 14.6. The standard InChI is InChI=1S/C11H11N/c1-8-5-9(2)11-7-12-4-3-10(11)6-8/h3-7H,1-2H3. The van der Waals surface area contributed by atoms with Crippen LogP contribution in [0.25, 0.3) is 10.8 Å². The Labute approximate surface area is 72.1 Å².